The molecule has 3 heteroatoms. The number of aliphatic carboxylic acids is 1. The lowest BCUT2D eigenvalue weighted by atomic mass is 10.1. The summed E-state index contributed by atoms with van der Waals surface area (Å²) in [4.78, 5) is 9.00. The molecular formula is C16H30O3. The van der Waals surface area contributed by atoms with Crippen LogP contribution >= 0.6 is 0 Å². The van der Waals surface area contributed by atoms with Crippen LogP contribution in [0, 0.1) is 0 Å². The molecule has 0 aromatic rings. The van der Waals surface area contributed by atoms with E-state index >= 15 is 0 Å². The van der Waals surface area contributed by atoms with E-state index in [2.05, 4.69) is 19.1 Å². The Labute approximate surface area is 118 Å². The number of carbonyl (C=O) groups is 1. The second-order valence-corrected chi connectivity index (χ2v) is 4.51. The molecule has 0 saturated heterocycles. The molecule has 0 rings (SSSR count). The number of allylic oxidation sites excluding steroid dienone is 3. The Bertz CT molecular complexity index is 228. The molecule has 0 bridgehead atoms. The minimum Gasteiger partial charge on any atom is -0.516 e. The summed E-state index contributed by atoms with van der Waals surface area (Å²) >= 11 is 0. The Kier molecular flexibility index (Phi) is 20.2. The number of aliphatic hydroxyl groups excluding tert-OH is 1. The molecule has 0 spiro atoms. The predicted molar refractivity (Wildman–Crippen MR) is 81.4 cm³/mol. The molecule has 0 aliphatic rings. The molecule has 3 nitrogen and oxygen atoms in total. The first kappa shape index (κ1) is 20.1. The highest BCUT2D eigenvalue weighted by Gasteiger charge is 1.86. The van der Waals surface area contributed by atoms with E-state index in [1.165, 1.54) is 51.4 Å². The van der Waals surface area contributed by atoms with Crippen LogP contribution in [-0.4, -0.2) is 16.2 Å². The molecule has 0 atom stereocenters. The monoisotopic (exact) mass is 270 g/mol. The Morgan fingerprint density at radius 3 is 1.74 bits per heavy atom. The van der Waals surface area contributed by atoms with Crippen molar-refractivity contribution in [1.82, 2.24) is 0 Å². The van der Waals surface area contributed by atoms with Crippen LogP contribution in [0.1, 0.15) is 71.6 Å². The van der Waals surface area contributed by atoms with E-state index in [1.807, 2.05) is 6.08 Å². The minimum atomic E-state index is -0.833. The third-order valence-electron chi connectivity index (χ3n) is 2.49. The topological polar surface area (TPSA) is 57.5 Å². The summed E-state index contributed by atoms with van der Waals surface area (Å²) in [6, 6.07) is 0. The number of aliphatic hydroxyl groups is 1. The molecule has 0 fully saturated rings. The fraction of sp³-hybridized carbons (Fsp3) is 0.688. The van der Waals surface area contributed by atoms with E-state index in [1.54, 1.807) is 0 Å². The van der Waals surface area contributed by atoms with Crippen molar-refractivity contribution >= 4 is 5.97 Å². The van der Waals surface area contributed by atoms with Gasteiger partial charge in [0.25, 0.3) is 5.97 Å². The summed E-state index contributed by atoms with van der Waals surface area (Å²) in [5, 5.41) is 15.8. The van der Waals surface area contributed by atoms with Gasteiger partial charge in [-0.2, -0.15) is 0 Å². The maximum absolute atomic E-state index is 9.00. The summed E-state index contributed by atoms with van der Waals surface area (Å²) in [5.41, 5.74) is 0. The van der Waals surface area contributed by atoms with Gasteiger partial charge >= 0.3 is 0 Å². The molecule has 0 aromatic heterocycles. The Balaban J connectivity index is 0. The van der Waals surface area contributed by atoms with Gasteiger partial charge in [-0.05, 0) is 38.5 Å². The van der Waals surface area contributed by atoms with Crippen LogP contribution in [0.2, 0.25) is 0 Å². The third kappa shape index (κ3) is 31.5. The van der Waals surface area contributed by atoms with Crippen LogP contribution < -0.4 is 0 Å². The van der Waals surface area contributed by atoms with E-state index in [0.717, 1.165) is 19.6 Å². The highest BCUT2D eigenvalue weighted by atomic mass is 16.4. The van der Waals surface area contributed by atoms with Crippen molar-refractivity contribution in [1.29, 1.82) is 0 Å². The van der Waals surface area contributed by atoms with Gasteiger partial charge in [0.1, 0.15) is 0 Å². The van der Waals surface area contributed by atoms with Crippen molar-refractivity contribution in [3.05, 3.63) is 24.5 Å². The van der Waals surface area contributed by atoms with E-state index in [4.69, 9.17) is 15.0 Å². The van der Waals surface area contributed by atoms with Crippen molar-refractivity contribution in [2.45, 2.75) is 71.6 Å². The summed E-state index contributed by atoms with van der Waals surface area (Å²) in [6.45, 7) is 3.32. The van der Waals surface area contributed by atoms with E-state index in [0.29, 0.717) is 0 Å². The van der Waals surface area contributed by atoms with Gasteiger partial charge in [0, 0.05) is 6.92 Å². The summed E-state index contributed by atoms with van der Waals surface area (Å²) in [5.74, 6) is -0.833. The predicted octanol–water partition coefficient (Wildman–Crippen LogP) is 5.24. The van der Waals surface area contributed by atoms with Crippen molar-refractivity contribution in [3.8, 4) is 0 Å². The average molecular weight is 270 g/mol. The van der Waals surface area contributed by atoms with Gasteiger partial charge in [0.2, 0.25) is 0 Å². The van der Waals surface area contributed by atoms with E-state index in [-0.39, 0.29) is 0 Å². The smallest absolute Gasteiger partial charge is 0.300 e. The highest BCUT2D eigenvalue weighted by molar-refractivity contribution is 5.62. The molecule has 0 radical (unpaired) electrons. The van der Waals surface area contributed by atoms with Crippen molar-refractivity contribution < 1.29 is 15.0 Å². The fourth-order valence-electron chi connectivity index (χ4n) is 1.52. The zero-order chi connectivity index (χ0) is 14.8. The summed E-state index contributed by atoms with van der Waals surface area (Å²) < 4.78 is 0. The SMILES string of the molecule is CC(=O)O.CCCCC/C=C\CCCCC/C=C\O. The number of carboxylic acids is 1. The van der Waals surface area contributed by atoms with Gasteiger partial charge in [0.05, 0.1) is 6.26 Å². The lowest BCUT2D eigenvalue weighted by Crippen LogP contribution is -1.78. The van der Waals surface area contributed by atoms with Gasteiger partial charge in [0.15, 0.2) is 0 Å². The van der Waals surface area contributed by atoms with E-state index in [9.17, 15) is 0 Å². The molecule has 0 unspecified atom stereocenters. The molecule has 0 aromatic carbocycles. The van der Waals surface area contributed by atoms with Crippen molar-refractivity contribution in [3.63, 3.8) is 0 Å². The fourth-order valence-corrected chi connectivity index (χ4v) is 1.52. The van der Waals surface area contributed by atoms with Crippen molar-refractivity contribution in [2.24, 2.45) is 0 Å². The van der Waals surface area contributed by atoms with Gasteiger partial charge in [-0.25, -0.2) is 0 Å². The number of carboxylic acid groups (broad SMARTS) is 1. The van der Waals surface area contributed by atoms with Crippen LogP contribution in [0.4, 0.5) is 0 Å². The zero-order valence-corrected chi connectivity index (χ0v) is 12.5. The molecule has 0 heterocycles. The van der Waals surface area contributed by atoms with Crippen LogP contribution in [0.5, 0.6) is 0 Å². The van der Waals surface area contributed by atoms with Crippen LogP contribution in [0.25, 0.3) is 0 Å². The van der Waals surface area contributed by atoms with Gasteiger partial charge in [-0.3, -0.25) is 4.79 Å². The quantitative estimate of drug-likeness (QED) is 0.324. The Hall–Kier alpha value is -1.25. The first-order valence-corrected chi connectivity index (χ1v) is 7.28. The molecule has 112 valence electrons. The number of hydrogen-bond acceptors (Lipinski definition) is 2. The number of unbranched alkanes of at least 4 members (excludes halogenated alkanes) is 7. The number of rotatable bonds is 10. The standard InChI is InChI=1S/C14H26O.C2H4O2/c1-2-3-4-5-6-7-8-9-10-11-12-13-14-15;1-2(3)4/h6-7,13-15H,2-5,8-12H2,1H3;1H3,(H,3,4)/b7-6-,14-13-;. The lowest BCUT2D eigenvalue weighted by molar-refractivity contribution is -0.134. The average Bonchev–Trinajstić information content (AvgIpc) is 2.35. The highest BCUT2D eigenvalue weighted by Crippen LogP contribution is 2.05. The molecule has 0 amide bonds. The van der Waals surface area contributed by atoms with Gasteiger partial charge in [-0.15, -0.1) is 0 Å². The van der Waals surface area contributed by atoms with Crippen LogP contribution in [0.15, 0.2) is 24.5 Å². The zero-order valence-electron chi connectivity index (χ0n) is 12.5. The van der Waals surface area contributed by atoms with Crippen molar-refractivity contribution in [2.75, 3.05) is 0 Å². The normalized spacial score (nSPS) is 10.6. The Morgan fingerprint density at radius 2 is 1.32 bits per heavy atom. The van der Waals surface area contributed by atoms with E-state index < -0.39 is 5.97 Å². The number of hydrogen-bond donors (Lipinski definition) is 2. The molecular weight excluding hydrogens is 240 g/mol. The second kappa shape index (κ2) is 19.1. The minimum absolute atomic E-state index is 0.833. The largest absolute Gasteiger partial charge is 0.516 e. The third-order valence-corrected chi connectivity index (χ3v) is 2.49. The summed E-state index contributed by atoms with van der Waals surface area (Å²) in [6.07, 6.45) is 18.8. The molecule has 2 N–H and O–H groups in total. The Morgan fingerprint density at radius 1 is 0.895 bits per heavy atom. The van der Waals surface area contributed by atoms with Crippen LogP contribution in [0.3, 0.4) is 0 Å². The first-order valence-electron chi connectivity index (χ1n) is 7.28. The molecule has 0 saturated carbocycles. The first-order chi connectivity index (χ1) is 9.15. The van der Waals surface area contributed by atoms with Gasteiger partial charge in [-0.1, -0.05) is 44.4 Å². The van der Waals surface area contributed by atoms with Crippen LogP contribution in [-0.2, 0) is 4.79 Å². The lowest BCUT2D eigenvalue weighted by Gasteiger charge is -1.95. The molecule has 0 aliphatic carbocycles. The van der Waals surface area contributed by atoms with Gasteiger partial charge < -0.3 is 10.2 Å². The maximum Gasteiger partial charge on any atom is 0.300 e. The molecule has 19 heavy (non-hydrogen) atoms. The molecule has 0 aliphatic heterocycles. The summed E-state index contributed by atoms with van der Waals surface area (Å²) in [7, 11) is 0. The maximum atomic E-state index is 9.00. The second-order valence-electron chi connectivity index (χ2n) is 4.51.